The normalized spacial score (nSPS) is 12.2. The van der Waals surface area contributed by atoms with Gasteiger partial charge in [0, 0.05) is 24.7 Å². The molecule has 0 bridgehead atoms. The molecule has 0 aromatic carbocycles. The Labute approximate surface area is 127 Å². The van der Waals surface area contributed by atoms with Crippen LogP contribution in [-0.2, 0) is 11.3 Å². The topological polar surface area (TPSA) is 77.2 Å². The van der Waals surface area contributed by atoms with E-state index in [9.17, 15) is 4.79 Å². The van der Waals surface area contributed by atoms with E-state index < -0.39 is 0 Å². The molecule has 1 aromatic heterocycles. The molecule has 0 fully saturated rings. The van der Waals surface area contributed by atoms with E-state index in [4.69, 9.17) is 10.5 Å². The molecular formula is C16H27N3O2. The van der Waals surface area contributed by atoms with Gasteiger partial charge in [-0.15, -0.1) is 0 Å². The summed E-state index contributed by atoms with van der Waals surface area (Å²) in [5.41, 5.74) is 6.40. The monoisotopic (exact) mass is 293 g/mol. The van der Waals surface area contributed by atoms with Gasteiger partial charge in [0.05, 0.1) is 6.10 Å². The first kappa shape index (κ1) is 17.4. The van der Waals surface area contributed by atoms with Gasteiger partial charge < -0.3 is 15.8 Å². The number of amides is 1. The van der Waals surface area contributed by atoms with Crippen LogP contribution >= 0.6 is 0 Å². The van der Waals surface area contributed by atoms with Crippen molar-refractivity contribution in [3.8, 4) is 5.88 Å². The van der Waals surface area contributed by atoms with Crippen LogP contribution in [0.4, 0.5) is 0 Å². The molecule has 0 spiro atoms. The SMILES string of the molecule is CC(CCN)CCC(=O)NCc1cccnc1OC(C)C. The van der Waals surface area contributed by atoms with Gasteiger partial charge >= 0.3 is 0 Å². The zero-order chi connectivity index (χ0) is 15.7. The molecule has 1 amide bonds. The molecule has 0 aliphatic rings. The van der Waals surface area contributed by atoms with Gasteiger partial charge in [-0.05, 0) is 45.2 Å². The summed E-state index contributed by atoms with van der Waals surface area (Å²) in [5, 5.41) is 2.92. The van der Waals surface area contributed by atoms with Crippen LogP contribution in [0, 0.1) is 5.92 Å². The fraction of sp³-hybridized carbons (Fsp3) is 0.625. The van der Waals surface area contributed by atoms with E-state index in [0.29, 0.717) is 31.3 Å². The fourth-order valence-corrected chi connectivity index (χ4v) is 1.98. The lowest BCUT2D eigenvalue weighted by molar-refractivity contribution is -0.121. The number of hydrogen-bond acceptors (Lipinski definition) is 4. The van der Waals surface area contributed by atoms with Crippen molar-refractivity contribution in [2.75, 3.05) is 6.54 Å². The molecule has 1 aromatic rings. The Hall–Kier alpha value is -1.62. The van der Waals surface area contributed by atoms with Gasteiger partial charge in [0.15, 0.2) is 0 Å². The minimum atomic E-state index is 0.0539. The third-order valence-corrected chi connectivity index (χ3v) is 3.20. The predicted molar refractivity (Wildman–Crippen MR) is 83.9 cm³/mol. The van der Waals surface area contributed by atoms with Gasteiger partial charge in [-0.25, -0.2) is 4.98 Å². The third-order valence-electron chi connectivity index (χ3n) is 3.20. The third kappa shape index (κ3) is 7.09. The zero-order valence-electron chi connectivity index (χ0n) is 13.3. The van der Waals surface area contributed by atoms with Crippen molar-refractivity contribution in [2.45, 2.75) is 52.7 Å². The number of hydrogen-bond donors (Lipinski definition) is 2. The number of rotatable bonds is 9. The highest BCUT2D eigenvalue weighted by atomic mass is 16.5. The second-order valence-corrected chi connectivity index (χ2v) is 5.63. The molecule has 0 aliphatic carbocycles. The van der Waals surface area contributed by atoms with Crippen molar-refractivity contribution in [3.63, 3.8) is 0 Å². The Morgan fingerprint density at radius 2 is 2.14 bits per heavy atom. The van der Waals surface area contributed by atoms with Crippen LogP contribution in [0.1, 0.15) is 45.6 Å². The Balaban J connectivity index is 2.42. The number of ether oxygens (including phenoxy) is 1. The lowest BCUT2D eigenvalue weighted by atomic mass is 10.0. The van der Waals surface area contributed by atoms with Crippen LogP contribution in [0.3, 0.4) is 0 Å². The summed E-state index contributed by atoms with van der Waals surface area (Å²) in [6.45, 7) is 7.15. The molecule has 1 heterocycles. The molecule has 0 radical (unpaired) electrons. The maximum absolute atomic E-state index is 11.9. The Kier molecular flexibility index (Phi) is 7.75. The summed E-state index contributed by atoms with van der Waals surface area (Å²) in [6, 6.07) is 3.76. The Bertz CT molecular complexity index is 435. The summed E-state index contributed by atoms with van der Waals surface area (Å²) in [4.78, 5) is 16.1. The average molecular weight is 293 g/mol. The molecular weight excluding hydrogens is 266 g/mol. The second kappa shape index (κ2) is 9.34. The van der Waals surface area contributed by atoms with E-state index >= 15 is 0 Å². The number of nitrogens with zero attached hydrogens (tertiary/aromatic N) is 1. The first-order valence-electron chi connectivity index (χ1n) is 7.60. The lowest BCUT2D eigenvalue weighted by Crippen LogP contribution is -2.24. The van der Waals surface area contributed by atoms with Crippen LogP contribution < -0.4 is 15.8 Å². The predicted octanol–water partition coefficient (Wildman–Crippen LogP) is 2.25. The number of nitrogens with two attached hydrogens (primary N) is 1. The van der Waals surface area contributed by atoms with Crippen LogP contribution in [0.15, 0.2) is 18.3 Å². The standard InChI is InChI=1S/C16H27N3O2/c1-12(2)21-16-14(5-4-10-18-16)11-19-15(20)7-6-13(3)8-9-17/h4-5,10,12-13H,6-9,11,17H2,1-3H3,(H,19,20). The number of carbonyl (C=O) groups excluding carboxylic acids is 1. The molecule has 0 saturated carbocycles. The smallest absolute Gasteiger partial charge is 0.220 e. The Morgan fingerprint density at radius 3 is 2.81 bits per heavy atom. The molecule has 5 nitrogen and oxygen atoms in total. The highest BCUT2D eigenvalue weighted by Gasteiger charge is 2.09. The van der Waals surface area contributed by atoms with Crippen molar-refractivity contribution in [2.24, 2.45) is 11.7 Å². The van der Waals surface area contributed by atoms with Gasteiger partial charge in [0.25, 0.3) is 0 Å². The van der Waals surface area contributed by atoms with Crippen molar-refractivity contribution < 1.29 is 9.53 Å². The van der Waals surface area contributed by atoms with Crippen molar-refractivity contribution in [1.82, 2.24) is 10.3 Å². The van der Waals surface area contributed by atoms with E-state index in [1.165, 1.54) is 0 Å². The van der Waals surface area contributed by atoms with Gasteiger partial charge in [-0.3, -0.25) is 4.79 Å². The molecule has 5 heteroatoms. The first-order chi connectivity index (χ1) is 10.0. The quantitative estimate of drug-likeness (QED) is 0.732. The molecule has 1 atom stereocenters. The largest absolute Gasteiger partial charge is 0.475 e. The molecule has 118 valence electrons. The van der Waals surface area contributed by atoms with E-state index in [2.05, 4.69) is 17.2 Å². The van der Waals surface area contributed by atoms with E-state index in [1.807, 2.05) is 26.0 Å². The number of nitrogens with one attached hydrogen (secondary N) is 1. The maximum Gasteiger partial charge on any atom is 0.220 e. The van der Waals surface area contributed by atoms with Gasteiger partial charge in [0.2, 0.25) is 11.8 Å². The molecule has 1 rings (SSSR count). The molecule has 0 saturated heterocycles. The first-order valence-corrected chi connectivity index (χ1v) is 7.60. The minimum Gasteiger partial charge on any atom is -0.475 e. The highest BCUT2D eigenvalue weighted by Crippen LogP contribution is 2.16. The molecule has 1 unspecified atom stereocenters. The number of aromatic nitrogens is 1. The van der Waals surface area contributed by atoms with Gasteiger partial charge in [-0.2, -0.15) is 0 Å². The molecule has 21 heavy (non-hydrogen) atoms. The fourth-order valence-electron chi connectivity index (χ4n) is 1.98. The van der Waals surface area contributed by atoms with Crippen molar-refractivity contribution >= 4 is 5.91 Å². The maximum atomic E-state index is 11.9. The van der Waals surface area contributed by atoms with Crippen LogP contribution in [0.2, 0.25) is 0 Å². The van der Waals surface area contributed by atoms with E-state index in [1.54, 1.807) is 6.20 Å². The van der Waals surface area contributed by atoms with Crippen molar-refractivity contribution in [3.05, 3.63) is 23.9 Å². The number of carbonyl (C=O) groups is 1. The summed E-state index contributed by atoms with van der Waals surface area (Å²) in [5.74, 6) is 1.13. The number of pyridine rings is 1. The summed E-state index contributed by atoms with van der Waals surface area (Å²) < 4.78 is 5.63. The summed E-state index contributed by atoms with van der Waals surface area (Å²) in [7, 11) is 0. The van der Waals surface area contributed by atoms with Crippen molar-refractivity contribution in [1.29, 1.82) is 0 Å². The lowest BCUT2D eigenvalue weighted by Gasteiger charge is -2.14. The average Bonchev–Trinajstić information content (AvgIpc) is 2.44. The molecule has 3 N–H and O–H groups in total. The van der Waals surface area contributed by atoms with Crippen LogP contribution in [0.5, 0.6) is 5.88 Å². The second-order valence-electron chi connectivity index (χ2n) is 5.63. The van der Waals surface area contributed by atoms with Crippen LogP contribution in [-0.4, -0.2) is 23.5 Å². The van der Waals surface area contributed by atoms with E-state index in [-0.39, 0.29) is 12.0 Å². The van der Waals surface area contributed by atoms with E-state index in [0.717, 1.165) is 18.4 Å². The van der Waals surface area contributed by atoms with Gasteiger partial charge in [-0.1, -0.05) is 13.0 Å². The van der Waals surface area contributed by atoms with Crippen LogP contribution in [0.25, 0.3) is 0 Å². The minimum absolute atomic E-state index is 0.0539. The highest BCUT2D eigenvalue weighted by molar-refractivity contribution is 5.75. The molecule has 0 aliphatic heterocycles. The summed E-state index contributed by atoms with van der Waals surface area (Å²) >= 11 is 0. The Morgan fingerprint density at radius 1 is 1.38 bits per heavy atom. The zero-order valence-corrected chi connectivity index (χ0v) is 13.3. The van der Waals surface area contributed by atoms with Gasteiger partial charge in [0.1, 0.15) is 0 Å². The summed E-state index contributed by atoms with van der Waals surface area (Å²) in [6.07, 6.45) is 4.11.